The van der Waals surface area contributed by atoms with Gasteiger partial charge in [0.15, 0.2) is 0 Å². The summed E-state index contributed by atoms with van der Waals surface area (Å²) in [7, 11) is 0. The molecule has 0 bridgehead atoms. The summed E-state index contributed by atoms with van der Waals surface area (Å²) in [6, 6.07) is 5.51. The maximum Gasteiger partial charge on any atom is 0.142 e. The van der Waals surface area contributed by atoms with Gasteiger partial charge in [0.2, 0.25) is 0 Å². The van der Waals surface area contributed by atoms with Crippen LogP contribution in [0.5, 0.6) is 0 Å². The first-order valence-electron chi connectivity index (χ1n) is 6.34. The molecule has 0 aromatic heterocycles. The summed E-state index contributed by atoms with van der Waals surface area (Å²) in [5.41, 5.74) is 0.955. The van der Waals surface area contributed by atoms with E-state index in [9.17, 15) is 4.39 Å². The molecule has 17 heavy (non-hydrogen) atoms. The zero-order valence-corrected chi connectivity index (χ0v) is 10.9. The van der Waals surface area contributed by atoms with E-state index in [-0.39, 0.29) is 10.8 Å². The molecule has 1 aliphatic carbocycles. The molecule has 0 spiro atoms. The van der Waals surface area contributed by atoms with Crippen molar-refractivity contribution in [1.29, 1.82) is 0 Å². The van der Waals surface area contributed by atoms with E-state index < -0.39 is 0 Å². The first-order chi connectivity index (χ1) is 8.16. The third-order valence-electron chi connectivity index (χ3n) is 3.72. The van der Waals surface area contributed by atoms with Gasteiger partial charge in [-0.2, -0.15) is 0 Å². The molecule has 0 amide bonds. The van der Waals surface area contributed by atoms with Crippen molar-refractivity contribution in [2.24, 2.45) is 5.92 Å². The van der Waals surface area contributed by atoms with Crippen molar-refractivity contribution in [3.63, 3.8) is 0 Å². The predicted molar refractivity (Wildman–Crippen MR) is 69.7 cm³/mol. The van der Waals surface area contributed by atoms with E-state index in [4.69, 9.17) is 11.6 Å². The quantitative estimate of drug-likeness (QED) is 0.852. The van der Waals surface area contributed by atoms with E-state index >= 15 is 0 Å². The summed E-state index contributed by atoms with van der Waals surface area (Å²) in [5, 5.41) is 3.67. The van der Waals surface area contributed by atoms with E-state index in [2.05, 4.69) is 12.2 Å². The average molecular weight is 256 g/mol. The van der Waals surface area contributed by atoms with E-state index in [1.165, 1.54) is 31.7 Å². The molecule has 0 heterocycles. The summed E-state index contributed by atoms with van der Waals surface area (Å²) in [6.07, 6.45) is 5.35. The van der Waals surface area contributed by atoms with Crippen molar-refractivity contribution >= 4 is 11.6 Å². The molecule has 1 aromatic rings. The van der Waals surface area contributed by atoms with Gasteiger partial charge in [-0.25, -0.2) is 4.39 Å². The lowest BCUT2D eigenvalue weighted by atomic mass is 9.99. The Balaban J connectivity index is 1.86. The van der Waals surface area contributed by atoms with Gasteiger partial charge in [0.1, 0.15) is 5.82 Å². The number of hydrogen-bond acceptors (Lipinski definition) is 1. The monoisotopic (exact) mass is 255 g/mol. The lowest BCUT2D eigenvalue weighted by Gasteiger charge is -2.20. The van der Waals surface area contributed by atoms with Gasteiger partial charge in [-0.3, -0.25) is 0 Å². The molecule has 1 N–H and O–H groups in total. The Bertz CT molecular complexity index is 374. The maximum atomic E-state index is 13.2. The fourth-order valence-electron chi connectivity index (χ4n) is 2.55. The molecule has 0 unspecified atom stereocenters. The van der Waals surface area contributed by atoms with Gasteiger partial charge in [-0.1, -0.05) is 30.5 Å². The molecule has 1 aliphatic rings. The highest BCUT2D eigenvalue weighted by molar-refractivity contribution is 6.30. The van der Waals surface area contributed by atoms with Crippen LogP contribution < -0.4 is 5.32 Å². The SMILES string of the molecule is C[C@@H](NCc1ccc(Cl)c(F)c1)C1CCCC1. The second-order valence-electron chi connectivity index (χ2n) is 4.96. The van der Waals surface area contributed by atoms with Crippen molar-refractivity contribution < 1.29 is 4.39 Å². The first kappa shape index (κ1) is 12.8. The molecule has 3 heteroatoms. The second kappa shape index (κ2) is 5.83. The molecule has 1 aromatic carbocycles. The zero-order chi connectivity index (χ0) is 12.3. The largest absolute Gasteiger partial charge is 0.310 e. The van der Waals surface area contributed by atoms with Crippen molar-refractivity contribution in [1.82, 2.24) is 5.32 Å². The molecule has 1 saturated carbocycles. The molecule has 0 saturated heterocycles. The lowest BCUT2D eigenvalue weighted by Crippen LogP contribution is -2.31. The minimum absolute atomic E-state index is 0.192. The number of benzene rings is 1. The third-order valence-corrected chi connectivity index (χ3v) is 4.03. The normalized spacial score (nSPS) is 18.5. The Kier molecular flexibility index (Phi) is 4.41. The van der Waals surface area contributed by atoms with Crippen LogP contribution in [0.4, 0.5) is 4.39 Å². The van der Waals surface area contributed by atoms with Gasteiger partial charge in [-0.05, 0) is 43.4 Å². The number of rotatable bonds is 4. The molecule has 94 valence electrons. The van der Waals surface area contributed by atoms with Gasteiger partial charge in [0, 0.05) is 12.6 Å². The van der Waals surface area contributed by atoms with E-state index in [0.717, 1.165) is 11.5 Å². The maximum absolute atomic E-state index is 13.2. The van der Waals surface area contributed by atoms with Crippen molar-refractivity contribution in [2.45, 2.75) is 45.2 Å². The van der Waals surface area contributed by atoms with Crippen molar-refractivity contribution in [3.05, 3.63) is 34.6 Å². The second-order valence-corrected chi connectivity index (χ2v) is 5.37. The minimum Gasteiger partial charge on any atom is -0.310 e. The Hall–Kier alpha value is -0.600. The summed E-state index contributed by atoms with van der Waals surface area (Å²) in [6.45, 7) is 2.94. The minimum atomic E-state index is -0.334. The van der Waals surface area contributed by atoms with Gasteiger partial charge in [0.05, 0.1) is 5.02 Å². The number of hydrogen-bond donors (Lipinski definition) is 1. The Morgan fingerprint density at radius 2 is 2.12 bits per heavy atom. The lowest BCUT2D eigenvalue weighted by molar-refractivity contribution is 0.380. The number of nitrogens with one attached hydrogen (secondary N) is 1. The summed E-state index contributed by atoms with van der Waals surface area (Å²) in [4.78, 5) is 0. The molecular formula is C14H19ClFN. The number of halogens is 2. The van der Waals surface area contributed by atoms with Crippen LogP contribution in [0.2, 0.25) is 5.02 Å². The van der Waals surface area contributed by atoms with Gasteiger partial charge >= 0.3 is 0 Å². The van der Waals surface area contributed by atoms with E-state index in [0.29, 0.717) is 12.6 Å². The predicted octanol–water partition coefficient (Wildman–Crippen LogP) is 4.15. The molecule has 1 fully saturated rings. The molecule has 0 aliphatic heterocycles. The van der Waals surface area contributed by atoms with E-state index in [1.54, 1.807) is 6.07 Å². The Morgan fingerprint density at radius 1 is 1.41 bits per heavy atom. The van der Waals surface area contributed by atoms with Crippen LogP contribution in [0, 0.1) is 11.7 Å². The van der Waals surface area contributed by atoms with Crippen molar-refractivity contribution in [3.8, 4) is 0 Å². The zero-order valence-electron chi connectivity index (χ0n) is 10.2. The van der Waals surface area contributed by atoms with E-state index in [1.807, 2.05) is 6.07 Å². The Morgan fingerprint density at radius 3 is 2.76 bits per heavy atom. The first-order valence-corrected chi connectivity index (χ1v) is 6.72. The standard InChI is InChI=1S/C14H19ClFN/c1-10(12-4-2-3-5-12)17-9-11-6-7-13(15)14(16)8-11/h6-8,10,12,17H,2-5,9H2,1H3/t10-/m1/s1. The fourth-order valence-corrected chi connectivity index (χ4v) is 2.67. The summed E-state index contributed by atoms with van der Waals surface area (Å²) in [5.74, 6) is 0.451. The molecular weight excluding hydrogens is 237 g/mol. The van der Waals surface area contributed by atoms with Crippen LogP contribution in [0.15, 0.2) is 18.2 Å². The summed E-state index contributed by atoms with van der Waals surface area (Å²) >= 11 is 5.65. The molecule has 0 radical (unpaired) electrons. The van der Waals surface area contributed by atoms with Gasteiger partial charge < -0.3 is 5.32 Å². The van der Waals surface area contributed by atoms with Gasteiger partial charge in [-0.15, -0.1) is 0 Å². The summed E-state index contributed by atoms with van der Waals surface area (Å²) < 4.78 is 13.2. The smallest absolute Gasteiger partial charge is 0.142 e. The average Bonchev–Trinajstić information content (AvgIpc) is 2.84. The highest BCUT2D eigenvalue weighted by atomic mass is 35.5. The molecule has 1 atom stereocenters. The highest BCUT2D eigenvalue weighted by Gasteiger charge is 2.20. The van der Waals surface area contributed by atoms with Crippen LogP contribution >= 0.6 is 11.6 Å². The topological polar surface area (TPSA) is 12.0 Å². The van der Waals surface area contributed by atoms with Gasteiger partial charge in [0.25, 0.3) is 0 Å². The van der Waals surface area contributed by atoms with Crippen LogP contribution in [0.1, 0.15) is 38.2 Å². The Labute approximate surface area is 107 Å². The fraction of sp³-hybridized carbons (Fsp3) is 0.571. The van der Waals surface area contributed by atoms with Crippen molar-refractivity contribution in [2.75, 3.05) is 0 Å². The molecule has 2 rings (SSSR count). The van der Waals surface area contributed by atoms with Crippen LogP contribution in [-0.2, 0) is 6.54 Å². The highest BCUT2D eigenvalue weighted by Crippen LogP contribution is 2.27. The molecule has 1 nitrogen and oxygen atoms in total. The van der Waals surface area contributed by atoms with Crippen LogP contribution in [0.3, 0.4) is 0 Å². The van der Waals surface area contributed by atoms with Crippen LogP contribution in [0.25, 0.3) is 0 Å². The third kappa shape index (κ3) is 3.43. The van der Waals surface area contributed by atoms with Crippen LogP contribution in [-0.4, -0.2) is 6.04 Å².